The fraction of sp³-hybridized carbons (Fsp3) is 0.526. The van der Waals surface area contributed by atoms with E-state index < -0.39 is 0 Å². The summed E-state index contributed by atoms with van der Waals surface area (Å²) in [6.07, 6.45) is 2.89. The standard InChI is InChI=1S/C19H29FN6OS.HI/c1-14(27-17-9-6-5-8-16(17)20)12-22-19(21-10-7-11-28-4)23-13-18-25-24-15(2)26(18)3;/h5-6,8-9,14H,7,10-13H2,1-4H3,(H2,21,22,23);1H. The highest BCUT2D eigenvalue weighted by atomic mass is 127. The quantitative estimate of drug-likeness (QED) is 0.210. The number of hydrogen-bond acceptors (Lipinski definition) is 5. The number of hydrogen-bond donors (Lipinski definition) is 2. The van der Waals surface area contributed by atoms with E-state index in [4.69, 9.17) is 4.74 Å². The lowest BCUT2D eigenvalue weighted by Crippen LogP contribution is -2.42. The van der Waals surface area contributed by atoms with Crippen LogP contribution < -0.4 is 15.4 Å². The third-order valence-corrected chi connectivity index (χ3v) is 4.80. The van der Waals surface area contributed by atoms with E-state index in [1.54, 1.807) is 18.2 Å². The molecule has 0 saturated heterocycles. The second-order valence-corrected chi connectivity index (χ2v) is 7.39. The van der Waals surface area contributed by atoms with E-state index in [-0.39, 0.29) is 41.6 Å². The van der Waals surface area contributed by atoms with Crippen LogP contribution in [0.2, 0.25) is 0 Å². The first-order valence-electron chi connectivity index (χ1n) is 9.28. The summed E-state index contributed by atoms with van der Waals surface area (Å²) in [5.74, 6) is 3.27. The fourth-order valence-corrected chi connectivity index (χ4v) is 2.81. The maximum Gasteiger partial charge on any atom is 0.191 e. The SMILES string of the molecule is CSCCCNC(=NCc1nnc(C)n1C)NCC(C)Oc1ccccc1F.I. The number of aliphatic imine (C=N–C) groups is 1. The van der Waals surface area contributed by atoms with Gasteiger partial charge in [-0.25, -0.2) is 9.38 Å². The molecular weight excluding hydrogens is 506 g/mol. The van der Waals surface area contributed by atoms with Crippen molar-refractivity contribution in [1.82, 2.24) is 25.4 Å². The number of aryl methyl sites for hydroxylation is 1. The third-order valence-electron chi connectivity index (χ3n) is 4.10. The first-order valence-corrected chi connectivity index (χ1v) is 10.7. The highest BCUT2D eigenvalue weighted by Crippen LogP contribution is 2.16. The molecule has 2 N–H and O–H groups in total. The number of guanidine groups is 1. The zero-order valence-electron chi connectivity index (χ0n) is 17.3. The molecule has 0 fully saturated rings. The van der Waals surface area contributed by atoms with Crippen LogP contribution >= 0.6 is 35.7 Å². The van der Waals surface area contributed by atoms with Gasteiger partial charge in [0.1, 0.15) is 18.5 Å². The average Bonchev–Trinajstić information content (AvgIpc) is 3.00. The number of halogens is 2. The highest BCUT2D eigenvalue weighted by Gasteiger charge is 2.10. The van der Waals surface area contributed by atoms with Crippen LogP contribution in [-0.2, 0) is 13.6 Å². The lowest BCUT2D eigenvalue weighted by Gasteiger charge is -2.18. The summed E-state index contributed by atoms with van der Waals surface area (Å²) in [6.45, 7) is 5.50. The largest absolute Gasteiger partial charge is 0.486 e. The molecule has 1 atom stereocenters. The van der Waals surface area contributed by atoms with E-state index in [2.05, 4.69) is 32.1 Å². The second kappa shape index (κ2) is 13.6. The van der Waals surface area contributed by atoms with Gasteiger partial charge in [-0.15, -0.1) is 34.2 Å². The van der Waals surface area contributed by atoms with E-state index in [1.165, 1.54) is 6.07 Å². The zero-order valence-corrected chi connectivity index (χ0v) is 20.5. The van der Waals surface area contributed by atoms with Crippen LogP contribution in [0.5, 0.6) is 5.75 Å². The van der Waals surface area contributed by atoms with Crippen molar-refractivity contribution in [3.8, 4) is 5.75 Å². The van der Waals surface area contributed by atoms with Crippen molar-refractivity contribution in [3.63, 3.8) is 0 Å². The number of nitrogens with one attached hydrogen (secondary N) is 2. The molecule has 7 nitrogen and oxygen atoms in total. The molecule has 1 unspecified atom stereocenters. The minimum Gasteiger partial charge on any atom is -0.486 e. The first kappa shape index (κ1) is 25.5. The van der Waals surface area contributed by atoms with Crippen LogP contribution in [0.3, 0.4) is 0 Å². The molecule has 1 heterocycles. The van der Waals surface area contributed by atoms with Gasteiger partial charge in [0.15, 0.2) is 23.4 Å². The van der Waals surface area contributed by atoms with Gasteiger partial charge in [-0.3, -0.25) is 0 Å². The summed E-state index contributed by atoms with van der Waals surface area (Å²) in [5, 5.41) is 14.8. The average molecular weight is 536 g/mol. The Hall–Kier alpha value is -1.56. The maximum absolute atomic E-state index is 13.7. The molecule has 0 saturated carbocycles. The fourth-order valence-electron chi connectivity index (χ4n) is 2.38. The van der Waals surface area contributed by atoms with E-state index in [9.17, 15) is 4.39 Å². The Morgan fingerprint density at radius 3 is 2.72 bits per heavy atom. The Balaban J connectivity index is 0.00000420. The van der Waals surface area contributed by atoms with Crippen molar-refractivity contribution in [3.05, 3.63) is 41.7 Å². The summed E-state index contributed by atoms with van der Waals surface area (Å²) >= 11 is 1.81. The molecule has 0 spiro atoms. The van der Waals surface area contributed by atoms with Gasteiger partial charge in [0.2, 0.25) is 0 Å². The molecule has 0 amide bonds. The molecule has 1 aromatic carbocycles. The molecule has 10 heteroatoms. The Morgan fingerprint density at radius 1 is 1.31 bits per heavy atom. The van der Waals surface area contributed by atoms with Gasteiger partial charge >= 0.3 is 0 Å². The molecular formula is C19H30FIN6OS. The number of rotatable bonds is 10. The van der Waals surface area contributed by atoms with Crippen molar-refractivity contribution >= 4 is 41.7 Å². The van der Waals surface area contributed by atoms with Crippen molar-refractivity contribution in [2.45, 2.75) is 32.9 Å². The molecule has 0 aliphatic carbocycles. The van der Waals surface area contributed by atoms with Gasteiger partial charge in [0.25, 0.3) is 0 Å². The lowest BCUT2D eigenvalue weighted by molar-refractivity contribution is 0.214. The van der Waals surface area contributed by atoms with Crippen LogP contribution in [0.15, 0.2) is 29.3 Å². The van der Waals surface area contributed by atoms with Crippen LogP contribution in [-0.4, -0.2) is 51.9 Å². The smallest absolute Gasteiger partial charge is 0.191 e. The number of nitrogens with zero attached hydrogens (tertiary/aromatic N) is 4. The second-order valence-electron chi connectivity index (χ2n) is 6.40. The number of thioether (sulfide) groups is 1. The number of benzene rings is 1. The van der Waals surface area contributed by atoms with Crippen LogP contribution in [0, 0.1) is 12.7 Å². The molecule has 2 rings (SSSR count). The summed E-state index contributed by atoms with van der Waals surface area (Å²) in [6, 6.07) is 6.40. The number of para-hydroxylation sites is 1. The van der Waals surface area contributed by atoms with Crippen molar-refractivity contribution < 1.29 is 9.13 Å². The Morgan fingerprint density at radius 2 is 2.07 bits per heavy atom. The molecule has 29 heavy (non-hydrogen) atoms. The number of ether oxygens (including phenoxy) is 1. The topological polar surface area (TPSA) is 76.4 Å². The van der Waals surface area contributed by atoms with Crippen LogP contribution in [0.1, 0.15) is 25.0 Å². The molecule has 1 aromatic heterocycles. The Bertz CT molecular complexity index is 773. The number of aromatic nitrogens is 3. The van der Waals surface area contributed by atoms with Crippen LogP contribution in [0.4, 0.5) is 4.39 Å². The van der Waals surface area contributed by atoms with Gasteiger partial charge in [-0.2, -0.15) is 11.8 Å². The van der Waals surface area contributed by atoms with Crippen molar-refractivity contribution in [1.29, 1.82) is 0 Å². The van der Waals surface area contributed by atoms with Gasteiger partial charge in [0.05, 0.1) is 6.54 Å². The van der Waals surface area contributed by atoms with E-state index in [0.29, 0.717) is 19.0 Å². The van der Waals surface area contributed by atoms with Crippen LogP contribution in [0.25, 0.3) is 0 Å². The third kappa shape index (κ3) is 8.77. The normalized spacial score (nSPS) is 12.2. The van der Waals surface area contributed by atoms with E-state index in [0.717, 1.165) is 30.4 Å². The van der Waals surface area contributed by atoms with E-state index in [1.807, 2.05) is 37.2 Å². The van der Waals surface area contributed by atoms with Gasteiger partial charge in [0, 0.05) is 13.6 Å². The van der Waals surface area contributed by atoms with Gasteiger partial charge in [-0.05, 0) is 44.4 Å². The lowest BCUT2D eigenvalue weighted by atomic mass is 10.3. The Kier molecular flexibility index (Phi) is 12.0. The molecule has 0 bridgehead atoms. The van der Waals surface area contributed by atoms with Gasteiger partial charge < -0.3 is 19.9 Å². The molecule has 2 aromatic rings. The monoisotopic (exact) mass is 536 g/mol. The highest BCUT2D eigenvalue weighted by molar-refractivity contribution is 14.0. The minimum absolute atomic E-state index is 0. The maximum atomic E-state index is 13.7. The molecule has 0 radical (unpaired) electrons. The molecule has 0 aliphatic rings. The molecule has 162 valence electrons. The van der Waals surface area contributed by atoms with Gasteiger partial charge in [-0.1, -0.05) is 12.1 Å². The summed E-state index contributed by atoms with van der Waals surface area (Å²) in [5.41, 5.74) is 0. The van der Waals surface area contributed by atoms with Crippen molar-refractivity contribution in [2.24, 2.45) is 12.0 Å². The summed E-state index contributed by atoms with van der Waals surface area (Å²) in [7, 11) is 1.92. The Labute approximate surface area is 193 Å². The predicted octanol–water partition coefficient (Wildman–Crippen LogP) is 3.14. The van der Waals surface area contributed by atoms with Crippen molar-refractivity contribution in [2.75, 3.05) is 25.1 Å². The zero-order chi connectivity index (χ0) is 20.4. The first-order chi connectivity index (χ1) is 13.5. The molecule has 0 aliphatic heterocycles. The predicted molar refractivity (Wildman–Crippen MR) is 128 cm³/mol. The summed E-state index contributed by atoms with van der Waals surface area (Å²) < 4.78 is 21.3. The van der Waals surface area contributed by atoms with E-state index >= 15 is 0 Å². The summed E-state index contributed by atoms with van der Waals surface area (Å²) in [4.78, 5) is 4.60. The minimum atomic E-state index is -0.365.